The van der Waals surface area contributed by atoms with Crippen molar-refractivity contribution in [2.45, 2.75) is 6.42 Å². The lowest BCUT2D eigenvalue weighted by Crippen LogP contribution is -2.13. The van der Waals surface area contributed by atoms with Gasteiger partial charge in [0.25, 0.3) is 0 Å². The van der Waals surface area contributed by atoms with Gasteiger partial charge in [0.1, 0.15) is 0 Å². The summed E-state index contributed by atoms with van der Waals surface area (Å²) in [6.07, 6.45) is 5.64. The van der Waals surface area contributed by atoms with Crippen LogP contribution in [0.2, 0.25) is 0 Å². The lowest BCUT2D eigenvalue weighted by Gasteiger charge is -2.16. The first kappa shape index (κ1) is 6.17. The molecule has 2 rings (SSSR count). The second kappa shape index (κ2) is 1.96. The van der Waals surface area contributed by atoms with E-state index < -0.39 is 0 Å². The Morgan fingerprint density at radius 2 is 2.40 bits per heavy atom. The quantitative estimate of drug-likeness (QED) is 0.539. The van der Waals surface area contributed by atoms with Crippen LogP contribution >= 0.6 is 0 Å². The van der Waals surface area contributed by atoms with Crippen LogP contribution in [0.1, 0.15) is 6.42 Å². The lowest BCUT2D eigenvalue weighted by molar-refractivity contribution is 0.230. The molecular formula is C9H12O. The van der Waals surface area contributed by atoms with Gasteiger partial charge in [-0.15, -0.1) is 0 Å². The Morgan fingerprint density at radius 3 is 2.80 bits per heavy atom. The maximum Gasteiger partial charge on any atom is 0.0502 e. The predicted molar refractivity (Wildman–Crippen MR) is 40.5 cm³/mol. The van der Waals surface area contributed by atoms with E-state index in [2.05, 4.69) is 18.7 Å². The summed E-state index contributed by atoms with van der Waals surface area (Å²) in [5.41, 5.74) is 1.25. The first-order valence-corrected chi connectivity index (χ1v) is 3.81. The maximum absolute atomic E-state index is 8.96. The molecule has 0 aromatic carbocycles. The molecule has 0 heterocycles. The van der Waals surface area contributed by atoms with E-state index >= 15 is 0 Å². The molecule has 0 saturated heterocycles. The van der Waals surface area contributed by atoms with Crippen LogP contribution in [0.25, 0.3) is 0 Å². The van der Waals surface area contributed by atoms with Gasteiger partial charge in [-0.1, -0.05) is 24.3 Å². The molecule has 0 spiro atoms. The number of aliphatic hydroxyl groups is 1. The van der Waals surface area contributed by atoms with E-state index in [0.717, 1.165) is 0 Å². The first-order chi connectivity index (χ1) is 4.83. The van der Waals surface area contributed by atoms with Crippen molar-refractivity contribution in [2.75, 3.05) is 6.61 Å². The molecule has 1 nitrogen and oxygen atoms in total. The molecule has 10 heavy (non-hydrogen) atoms. The molecule has 1 saturated carbocycles. The summed E-state index contributed by atoms with van der Waals surface area (Å²) in [5, 5.41) is 8.96. The molecule has 3 unspecified atom stereocenters. The van der Waals surface area contributed by atoms with Crippen LogP contribution in [0, 0.1) is 17.8 Å². The van der Waals surface area contributed by atoms with Crippen LogP contribution in [0.5, 0.6) is 0 Å². The minimum Gasteiger partial charge on any atom is -0.396 e. The smallest absolute Gasteiger partial charge is 0.0502 e. The van der Waals surface area contributed by atoms with Crippen molar-refractivity contribution in [3.63, 3.8) is 0 Å². The van der Waals surface area contributed by atoms with Gasteiger partial charge in [0, 0.05) is 5.92 Å². The van der Waals surface area contributed by atoms with Crippen LogP contribution in [-0.2, 0) is 0 Å². The maximum atomic E-state index is 8.96. The lowest BCUT2D eigenvalue weighted by atomic mass is 9.91. The summed E-state index contributed by atoms with van der Waals surface area (Å²) in [5.74, 6) is 1.56. The Hall–Kier alpha value is -0.560. The third-order valence-electron chi connectivity index (χ3n) is 2.78. The highest BCUT2D eigenvalue weighted by molar-refractivity contribution is 5.28. The monoisotopic (exact) mass is 136 g/mol. The van der Waals surface area contributed by atoms with Crippen LogP contribution in [0.3, 0.4) is 0 Å². The fraction of sp³-hybridized carbons (Fsp3) is 0.556. The molecule has 0 aliphatic heterocycles. The number of allylic oxidation sites excluding steroid dienone is 2. The molecule has 1 N–H and O–H groups in total. The Morgan fingerprint density at radius 1 is 1.60 bits per heavy atom. The van der Waals surface area contributed by atoms with Crippen LogP contribution < -0.4 is 0 Å². The molecule has 3 atom stereocenters. The molecule has 2 bridgehead atoms. The predicted octanol–water partition coefficient (Wildman–Crippen LogP) is 1.36. The van der Waals surface area contributed by atoms with Crippen molar-refractivity contribution < 1.29 is 5.11 Å². The average Bonchev–Trinajstić information content (AvgIpc) is 2.46. The highest BCUT2D eigenvalue weighted by Gasteiger charge is 2.38. The minimum absolute atomic E-state index is 0.282. The summed E-state index contributed by atoms with van der Waals surface area (Å²) >= 11 is 0. The summed E-state index contributed by atoms with van der Waals surface area (Å²) in [6, 6.07) is 0. The number of hydrogen-bond acceptors (Lipinski definition) is 1. The second-order valence-corrected chi connectivity index (χ2v) is 3.25. The van der Waals surface area contributed by atoms with Gasteiger partial charge in [0.15, 0.2) is 0 Å². The van der Waals surface area contributed by atoms with Gasteiger partial charge in [0.2, 0.25) is 0 Å². The van der Waals surface area contributed by atoms with Gasteiger partial charge in [0.05, 0.1) is 6.61 Å². The molecule has 1 heteroatoms. The van der Waals surface area contributed by atoms with Crippen molar-refractivity contribution >= 4 is 0 Å². The average molecular weight is 136 g/mol. The molecular weight excluding hydrogens is 124 g/mol. The standard InChI is InChI=1S/C9H12O/c1-6-7-2-3-8(4-7)9(6)5-10/h2-3,7-10H,1,4-5H2. The summed E-state index contributed by atoms with van der Waals surface area (Å²) in [6.45, 7) is 4.26. The van der Waals surface area contributed by atoms with E-state index in [1.165, 1.54) is 12.0 Å². The normalized spacial score (nSPS) is 43.3. The van der Waals surface area contributed by atoms with Gasteiger partial charge in [-0.25, -0.2) is 0 Å². The van der Waals surface area contributed by atoms with Gasteiger partial charge < -0.3 is 5.11 Å². The Balaban J connectivity index is 2.26. The van der Waals surface area contributed by atoms with E-state index in [-0.39, 0.29) is 6.61 Å². The van der Waals surface area contributed by atoms with Crippen molar-refractivity contribution in [1.29, 1.82) is 0 Å². The fourth-order valence-corrected chi connectivity index (χ4v) is 2.10. The number of fused-ring (bicyclic) bond motifs is 2. The van der Waals surface area contributed by atoms with Crippen LogP contribution in [0.4, 0.5) is 0 Å². The molecule has 0 aromatic heterocycles. The zero-order chi connectivity index (χ0) is 7.14. The Kier molecular flexibility index (Phi) is 1.21. The van der Waals surface area contributed by atoms with Gasteiger partial charge in [-0.05, 0) is 18.3 Å². The second-order valence-electron chi connectivity index (χ2n) is 3.25. The molecule has 1 fully saturated rings. The minimum atomic E-state index is 0.282. The molecule has 0 aromatic rings. The third-order valence-corrected chi connectivity index (χ3v) is 2.78. The van der Waals surface area contributed by atoms with Gasteiger partial charge in [-0.3, -0.25) is 0 Å². The largest absolute Gasteiger partial charge is 0.396 e. The molecule has 2 aliphatic rings. The Labute approximate surface area is 61.1 Å². The van der Waals surface area contributed by atoms with E-state index in [1.54, 1.807) is 0 Å². The fourth-order valence-electron chi connectivity index (χ4n) is 2.10. The summed E-state index contributed by atoms with van der Waals surface area (Å²) < 4.78 is 0. The van der Waals surface area contributed by atoms with Gasteiger partial charge in [-0.2, -0.15) is 0 Å². The van der Waals surface area contributed by atoms with Crippen molar-refractivity contribution in [3.05, 3.63) is 24.3 Å². The highest BCUT2D eigenvalue weighted by Crippen LogP contribution is 2.46. The molecule has 54 valence electrons. The van der Waals surface area contributed by atoms with E-state index in [1.807, 2.05) is 0 Å². The number of aliphatic hydroxyl groups excluding tert-OH is 1. The molecule has 0 amide bonds. The SMILES string of the molecule is C=C1C2C=CC(C2)C1CO. The van der Waals surface area contributed by atoms with Crippen molar-refractivity contribution in [2.24, 2.45) is 17.8 Å². The summed E-state index contributed by atoms with van der Waals surface area (Å²) in [4.78, 5) is 0. The topological polar surface area (TPSA) is 20.2 Å². The highest BCUT2D eigenvalue weighted by atomic mass is 16.3. The first-order valence-electron chi connectivity index (χ1n) is 3.81. The number of hydrogen-bond donors (Lipinski definition) is 1. The zero-order valence-electron chi connectivity index (χ0n) is 5.96. The number of rotatable bonds is 1. The van der Waals surface area contributed by atoms with Crippen LogP contribution in [0.15, 0.2) is 24.3 Å². The van der Waals surface area contributed by atoms with E-state index in [4.69, 9.17) is 5.11 Å². The molecule has 0 radical (unpaired) electrons. The van der Waals surface area contributed by atoms with E-state index in [0.29, 0.717) is 17.8 Å². The Bertz CT molecular complexity index is 193. The van der Waals surface area contributed by atoms with Crippen molar-refractivity contribution in [3.8, 4) is 0 Å². The van der Waals surface area contributed by atoms with E-state index in [9.17, 15) is 0 Å². The van der Waals surface area contributed by atoms with Crippen molar-refractivity contribution in [1.82, 2.24) is 0 Å². The zero-order valence-corrected chi connectivity index (χ0v) is 5.96. The van der Waals surface area contributed by atoms with Gasteiger partial charge >= 0.3 is 0 Å². The molecule has 2 aliphatic carbocycles. The third kappa shape index (κ3) is 0.613. The summed E-state index contributed by atoms with van der Waals surface area (Å²) in [7, 11) is 0. The van der Waals surface area contributed by atoms with Crippen LogP contribution in [-0.4, -0.2) is 11.7 Å².